The molecule has 2 aliphatic heterocycles. The SMILES string of the molecule is c1cc2cc(c1)[Se]2. The number of fused-ring (bicyclic) bond motifs is 2. The zero-order valence-corrected chi connectivity index (χ0v) is 5.43. The third-order valence-electron chi connectivity index (χ3n) is 1.04. The van der Waals surface area contributed by atoms with Gasteiger partial charge >= 0.3 is 48.1 Å². The van der Waals surface area contributed by atoms with Crippen molar-refractivity contribution >= 4 is 23.9 Å². The predicted octanol–water partition coefficient (Wildman–Crippen LogP) is -0.345. The summed E-state index contributed by atoms with van der Waals surface area (Å²) in [5.74, 6) is 0. The number of benzene rings is 1. The van der Waals surface area contributed by atoms with Crippen LogP contribution in [0.1, 0.15) is 0 Å². The molecule has 3 rings (SSSR count). The van der Waals surface area contributed by atoms with E-state index in [4.69, 9.17) is 0 Å². The first kappa shape index (κ1) is 3.71. The first-order valence-corrected chi connectivity index (χ1v) is 3.94. The van der Waals surface area contributed by atoms with Crippen molar-refractivity contribution in [3.8, 4) is 0 Å². The molecule has 0 unspecified atom stereocenters. The van der Waals surface area contributed by atoms with Crippen molar-refractivity contribution in [2.75, 3.05) is 0 Å². The van der Waals surface area contributed by atoms with Crippen LogP contribution in [0.5, 0.6) is 0 Å². The van der Waals surface area contributed by atoms with Crippen molar-refractivity contribution in [3.05, 3.63) is 24.3 Å². The Morgan fingerprint density at radius 2 is 1.71 bits per heavy atom. The molecule has 0 N–H and O–H groups in total. The van der Waals surface area contributed by atoms with Crippen molar-refractivity contribution in [1.82, 2.24) is 0 Å². The Labute approximate surface area is 48.7 Å². The molecule has 0 amide bonds. The number of hydrogen-bond donors (Lipinski definition) is 0. The van der Waals surface area contributed by atoms with Gasteiger partial charge in [-0.1, -0.05) is 0 Å². The molecule has 0 saturated heterocycles. The van der Waals surface area contributed by atoms with Gasteiger partial charge in [0.1, 0.15) is 0 Å². The zero-order chi connectivity index (χ0) is 4.69. The van der Waals surface area contributed by atoms with Gasteiger partial charge in [0, 0.05) is 0 Å². The van der Waals surface area contributed by atoms with Gasteiger partial charge in [-0.15, -0.1) is 0 Å². The first-order valence-electron chi connectivity index (χ1n) is 2.23. The van der Waals surface area contributed by atoms with Crippen LogP contribution in [0.25, 0.3) is 0 Å². The Morgan fingerprint density at radius 3 is 1.86 bits per heavy atom. The zero-order valence-electron chi connectivity index (χ0n) is 3.72. The normalized spacial score (nSPS) is 13.1. The molecular formula is C6H4Se. The van der Waals surface area contributed by atoms with E-state index < -0.39 is 0 Å². The molecule has 0 nitrogen and oxygen atoms in total. The minimum atomic E-state index is 0.745. The minimum absolute atomic E-state index is 0.745. The van der Waals surface area contributed by atoms with E-state index in [1.54, 1.807) is 8.92 Å². The molecule has 2 aliphatic rings. The Bertz CT molecular complexity index is 168. The van der Waals surface area contributed by atoms with Crippen LogP contribution < -0.4 is 8.92 Å². The Kier molecular flexibility index (Phi) is 0.592. The Hall–Kier alpha value is -0.261. The Balaban J connectivity index is 2.78. The third-order valence-corrected chi connectivity index (χ3v) is 3.10. The predicted molar refractivity (Wildman–Crippen MR) is 31.5 cm³/mol. The average molecular weight is 155 g/mol. The van der Waals surface area contributed by atoms with E-state index in [0.717, 1.165) is 15.0 Å². The maximum absolute atomic E-state index is 2.25. The summed E-state index contributed by atoms with van der Waals surface area (Å²) in [6.07, 6.45) is 0. The van der Waals surface area contributed by atoms with Gasteiger partial charge in [-0.25, -0.2) is 0 Å². The molecule has 1 aromatic carbocycles. The first-order chi connectivity index (χ1) is 3.45. The van der Waals surface area contributed by atoms with Crippen LogP contribution in [-0.4, -0.2) is 15.0 Å². The molecule has 0 spiro atoms. The summed E-state index contributed by atoms with van der Waals surface area (Å²) in [5, 5.41) is 0. The second kappa shape index (κ2) is 1.12. The monoisotopic (exact) mass is 156 g/mol. The van der Waals surface area contributed by atoms with Crippen LogP contribution in [0.3, 0.4) is 0 Å². The van der Waals surface area contributed by atoms with Gasteiger partial charge in [0.05, 0.1) is 0 Å². The molecule has 34 valence electrons. The molecule has 0 saturated carbocycles. The molecule has 2 bridgehead atoms. The molecule has 0 atom stereocenters. The van der Waals surface area contributed by atoms with E-state index in [-0.39, 0.29) is 0 Å². The van der Waals surface area contributed by atoms with Gasteiger partial charge < -0.3 is 0 Å². The van der Waals surface area contributed by atoms with Crippen molar-refractivity contribution in [1.29, 1.82) is 0 Å². The average Bonchev–Trinajstić information content (AvgIpc) is 1.67. The van der Waals surface area contributed by atoms with Crippen LogP contribution in [-0.2, 0) is 0 Å². The van der Waals surface area contributed by atoms with Crippen LogP contribution >= 0.6 is 0 Å². The molecule has 0 aromatic heterocycles. The summed E-state index contributed by atoms with van der Waals surface area (Å²) in [7, 11) is 0. The quantitative estimate of drug-likeness (QED) is 0.456. The van der Waals surface area contributed by atoms with Crippen LogP contribution in [0.2, 0.25) is 0 Å². The molecule has 0 radical (unpaired) electrons. The van der Waals surface area contributed by atoms with Gasteiger partial charge in [0.25, 0.3) is 0 Å². The van der Waals surface area contributed by atoms with Crippen molar-refractivity contribution < 1.29 is 0 Å². The van der Waals surface area contributed by atoms with Gasteiger partial charge in [-0.05, 0) is 0 Å². The molecule has 7 heavy (non-hydrogen) atoms. The summed E-state index contributed by atoms with van der Waals surface area (Å²) in [5.41, 5.74) is 0. The summed E-state index contributed by atoms with van der Waals surface area (Å²) >= 11 is 0.745. The summed E-state index contributed by atoms with van der Waals surface area (Å²) in [4.78, 5) is 0. The van der Waals surface area contributed by atoms with Crippen molar-refractivity contribution in [3.63, 3.8) is 0 Å². The third kappa shape index (κ3) is 0.425. The fourth-order valence-electron chi connectivity index (χ4n) is 0.679. The Morgan fingerprint density at radius 1 is 1.14 bits per heavy atom. The van der Waals surface area contributed by atoms with E-state index in [1.807, 2.05) is 0 Å². The second-order valence-electron chi connectivity index (χ2n) is 1.58. The summed E-state index contributed by atoms with van der Waals surface area (Å²) < 4.78 is 3.09. The van der Waals surface area contributed by atoms with E-state index in [2.05, 4.69) is 24.3 Å². The standard InChI is InChI=1S/C6H4Se/c1-2-5-4-6(3-1)7-5/h1-4H. The van der Waals surface area contributed by atoms with Gasteiger partial charge in [0.2, 0.25) is 0 Å². The topological polar surface area (TPSA) is 0 Å². The molecule has 1 aromatic rings. The van der Waals surface area contributed by atoms with Crippen LogP contribution in [0.15, 0.2) is 24.3 Å². The number of rotatable bonds is 0. The van der Waals surface area contributed by atoms with Gasteiger partial charge in [0.15, 0.2) is 0 Å². The molecule has 1 heteroatoms. The fourth-order valence-corrected chi connectivity index (χ4v) is 2.26. The van der Waals surface area contributed by atoms with Crippen LogP contribution in [0, 0.1) is 0 Å². The molecular weight excluding hydrogens is 151 g/mol. The van der Waals surface area contributed by atoms with Gasteiger partial charge in [-0.3, -0.25) is 0 Å². The summed E-state index contributed by atoms with van der Waals surface area (Å²) in [6.45, 7) is 0. The number of hydrogen-bond acceptors (Lipinski definition) is 0. The molecule has 0 fully saturated rings. The van der Waals surface area contributed by atoms with Crippen molar-refractivity contribution in [2.45, 2.75) is 0 Å². The maximum atomic E-state index is 2.25. The van der Waals surface area contributed by atoms with Gasteiger partial charge in [-0.2, -0.15) is 0 Å². The van der Waals surface area contributed by atoms with E-state index >= 15 is 0 Å². The fraction of sp³-hybridized carbons (Fsp3) is 0. The van der Waals surface area contributed by atoms with Crippen LogP contribution in [0.4, 0.5) is 0 Å². The van der Waals surface area contributed by atoms with E-state index in [0.29, 0.717) is 0 Å². The second-order valence-corrected chi connectivity index (χ2v) is 3.98. The van der Waals surface area contributed by atoms with E-state index in [1.165, 1.54) is 0 Å². The summed E-state index contributed by atoms with van der Waals surface area (Å²) in [6, 6.07) is 8.75. The molecule has 2 heterocycles. The van der Waals surface area contributed by atoms with E-state index in [9.17, 15) is 0 Å². The molecule has 0 aliphatic carbocycles. The van der Waals surface area contributed by atoms with Crippen molar-refractivity contribution in [2.24, 2.45) is 0 Å².